The second-order valence-electron chi connectivity index (χ2n) is 2.52. The molecule has 12 heavy (non-hydrogen) atoms. The van der Waals surface area contributed by atoms with Crippen LogP contribution in [0.5, 0.6) is 0 Å². The van der Waals surface area contributed by atoms with Gasteiger partial charge in [0.2, 0.25) is 0 Å². The predicted octanol–water partition coefficient (Wildman–Crippen LogP) is 2.74. The monoisotopic (exact) mass is 177 g/mol. The molecule has 1 heterocycles. The molecule has 0 unspecified atom stereocenters. The topological polar surface area (TPSA) is 39.2 Å². The molecule has 0 fully saturated rings. The minimum atomic E-state index is 0.422. The summed E-state index contributed by atoms with van der Waals surface area (Å²) in [6, 6.07) is 9.21. The van der Waals surface area contributed by atoms with Gasteiger partial charge in [0.15, 0.2) is 4.71 Å². The number of anilines is 1. The molecule has 0 aliphatic heterocycles. The van der Waals surface area contributed by atoms with Gasteiger partial charge in [-0.15, -0.1) is 0 Å². The molecule has 0 saturated carbocycles. The van der Waals surface area contributed by atoms with Gasteiger partial charge in [-0.1, -0.05) is 12.1 Å². The highest BCUT2D eigenvalue weighted by Crippen LogP contribution is 2.20. The van der Waals surface area contributed by atoms with Crippen molar-refractivity contribution in [2.75, 3.05) is 5.73 Å². The van der Waals surface area contributed by atoms with Gasteiger partial charge < -0.3 is 10.2 Å². The minimum absolute atomic E-state index is 0.422. The lowest BCUT2D eigenvalue weighted by molar-refractivity contribution is 0.587. The molecule has 2 N–H and O–H groups in total. The van der Waals surface area contributed by atoms with Gasteiger partial charge in [0, 0.05) is 17.1 Å². The molecule has 2 aromatic rings. The molecule has 0 saturated heterocycles. The summed E-state index contributed by atoms with van der Waals surface area (Å²) in [7, 11) is 0. The Labute approximate surface area is 74.6 Å². The van der Waals surface area contributed by atoms with E-state index in [1.54, 1.807) is 6.07 Å². The maximum atomic E-state index is 5.73. The van der Waals surface area contributed by atoms with Gasteiger partial charge in [0.25, 0.3) is 0 Å². The third-order valence-corrected chi connectivity index (χ3v) is 1.88. The average Bonchev–Trinajstić information content (AvgIpc) is 2.04. The summed E-state index contributed by atoms with van der Waals surface area (Å²) in [5, 5.41) is 0.908. The summed E-state index contributed by atoms with van der Waals surface area (Å²) in [5.74, 6) is 0. The van der Waals surface area contributed by atoms with Crippen molar-refractivity contribution < 1.29 is 4.42 Å². The van der Waals surface area contributed by atoms with Gasteiger partial charge in [0.1, 0.15) is 5.58 Å². The number of benzene rings is 1. The molecule has 1 aromatic carbocycles. The van der Waals surface area contributed by atoms with E-state index >= 15 is 0 Å². The van der Waals surface area contributed by atoms with Crippen molar-refractivity contribution in [3.63, 3.8) is 0 Å². The minimum Gasteiger partial charge on any atom is -0.445 e. The van der Waals surface area contributed by atoms with Crippen LogP contribution in [-0.4, -0.2) is 0 Å². The standard InChI is InChI=1S/C9H7NOS/c10-7-5-9(12)11-8-4-2-1-3-6(7)8/h1-5H,10H2. The highest BCUT2D eigenvalue weighted by molar-refractivity contribution is 7.71. The van der Waals surface area contributed by atoms with Crippen LogP contribution in [0.1, 0.15) is 0 Å². The van der Waals surface area contributed by atoms with E-state index in [2.05, 4.69) is 0 Å². The van der Waals surface area contributed by atoms with Crippen molar-refractivity contribution in [1.29, 1.82) is 0 Å². The van der Waals surface area contributed by atoms with E-state index in [1.165, 1.54) is 0 Å². The lowest BCUT2D eigenvalue weighted by atomic mass is 10.2. The van der Waals surface area contributed by atoms with Gasteiger partial charge in [0.05, 0.1) is 0 Å². The highest BCUT2D eigenvalue weighted by Gasteiger charge is 1.97. The Hall–Kier alpha value is -1.35. The van der Waals surface area contributed by atoms with Crippen LogP contribution in [0.3, 0.4) is 0 Å². The first kappa shape index (κ1) is 7.31. The van der Waals surface area contributed by atoms with Crippen LogP contribution in [-0.2, 0) is 0 Å². The van der Waals surface area contributed by atoms with Gasteiger partial charge in [-0.05, 0) is 24.4 Å². The molecule has 3 heteroatoms. The molecule has 0 spiro atoms. The van der Waals surface area contributed by atoms with E-state index in [0.29, 0.717) is 10.4 Å². The second kappa shape index (κ2) is 2.60. The van der Waals surface area contributed by atoms with Crippen LogP contribution in [0.15, 0.2) is 34.7 Å². The van der Waals surface area contributed by atoms with Crippen LogP contribution in [0, 0.1) is 4.71 Å². The summed E-state index contributed by atoms with van der Waals surface area (Å²) >= 11 is 4.88. The summed E-state index contributed by atoms with van der Waals surface area (Å²) in [5.41, 5.74) is 7.14. The Morgan fingerprint density at radius 2 is 2.00 bits per heavy atom. The fourth-order valence-electron chi connectivity index (χ4n) is 1.14. The van der Waals surface area contributed by atoms with Gasteiger partial charge >= 0.3 is 0 Å². The molecular weight excluding hydrogens is 170 g/mol. The third-order valence-electron chi connectivity index (χ3n) is 1.68. The molecule has 1 aromatic heterocycles. The molecule has 2 rings (SSSR count). The van der Waals surface area contributed by atoms with Crippen LogP contribution in [0.4, 0.5) is 5.69 Å². The fraction of sp³-hybridized carbons (Fsp3) is 0. The first-order chi connectivity index (χ1) is 5.77. The molecule has 60 valence electrons. The van der Waals surface area contributed by atoms with Gasteiger partial charge in [-0.3, -0.25) is 0 Å². The zero-order valence-corrected chi connectivity index (χ0v) is 7.10. The summed E-state index contributed by atoms with van der Waals surface area (Å²) in [4.78, 5) is 0. The van der Waals surface area contributed by atoms with Crippen molar-refractivity contribution in [1.82, 2.24) is 0 Å². The SMILES string of the molecule is Nc1cc(=S)oc2ccccc12. The summed E-state index contributed by atoms with van der Waals surface area (Å²) in [6.45, 7) is 0. The van der Waals surface area contributed by atoms with E-state index in [4.69, 9.17) is 22.4 Å². The quantitative estimate of drug-likeness (QED) is 0.629. The maximum Gasteiger partial charge on any atom is 0.192 e. The second-order valence-corrected chi connectivity index (χ2v) is 2.92. The van der Waals surface area contributed by atoms with Crippen LogP contribution in [0.2, 0.25) is 0 Å². The number of hydrogen-bond donors (Lipinski definition) is 1. The largest absolute Gasteiger partial charge is 0.445 e. The molecule has 0 aliphatic rings. The Morgan fingerprint density at radius 3 is 2.83 bits per heavy atom. The molecule has 0 atom stereocenters. The van der Waals surface area contributed by atoms with Crippen molar-refractivity contribution >= 4 is 28.9 Å². The van der Waals surface area contributed by atoms with Crippen LogP contribution in [0.25, 0.3) is 11.0 Å². The van der Waals surface area contributed by atoms with Gasteiger partial charge in [-0.2, -0.15) is 0 Å². The van der Waals surface area contributed by atoms with Crippen LogP contribution >= 0.6 is 12.2 Å². The van der Waals surface area contributed by atoms with E-state index in [9.17, 15) is 0 Å². The molecule has 2 nitrogen and oxygen atoms in total. The Balaban J connectivity index is 2.99. The first-order valence-electron chi connectivity index (χ1n) is 3.56. The van der Waals surface area contributed by atoms with Crippen LogP contribution < -0.4 is 5.73 Å². The lowest BCUT2D eigenvalue weighted by Gasteiger charge is -1.98. The normalized spacial score (nSPS) is 10.3. The number of para-hydroxylation sites is 1. The van der Waals surface area contributed by atoms with E-state index < -0.39 is 0 Å². The molecule has 0 radical (unpaired) electrons. The number of fused-ring (bicyclic) bond motifs is 1. The number of hydrogen-bond acceptors (Lipinski definition) is 3. The molecular formula is C9H7NOS. The van der Waals surface area contributed by atoms with E-state index in [-0.39, 0.29) is 0 Å². The lowest BCUT2D eigenvalue weighted by Crippen LogP contribution is -1.85. The fourth-order valence-corrected chi connectivity index (χ4v) is 1.35. The zero-order chi connectivity index (χ0) is 8.55. The number of nitrogens with two attached hydrogens (primary N) is 1. The van der Waals surface area contributed by atoms with E-state index in [0.717, 1.165) is 11.0 Å². The average molecular weight is 177 g/mol. The van der Waals surface area contributed by atoms with Crippen molar-refractivity contribution in [3.8, 4) is 0 Å². The zero-order valence-electron chi connectivity index (χ0n) is 6.28. The van der Waals surface area contributed by atoms with Crippen molar-refractivity contribution in [2.24, 2.45) is 0 Å². The summed E-state index contributed by atoms with van der Waals surface area (Å²) < 4.78 is 5.70. The first-order valence-corrected chi connectivity index (χ1v) is 3.96. The van der Waals surface area contributed by atoms with Crippen molar-refractivity contribution in [2.45, 2.75) is 0 Å². The maximum absolute atomic E-state index is 5.73. The molecule has 0 aliphatic carbocycles. The Kier molecular flexibility index (Phi) is 1.59. The smallest absolute Gasteiger partial charge is 0.192 e. The third kappa shape index (κ3) is 1.08. The van der Waals surface area contributed by atoms with E-state index in [1.807, 2.05) is 24.3 Å². The number of nitrogen functional groups attached to an aromatic ring is 1. The number of rotatable bonds is 0. The van der Waals surface area contributed by atoms with Gasteiger partial charge in [-0.25, -0.2) is 0 Å². The Morgan fingerprint density at radius 1 is 1.25 bits per heavy atom. The van der Waals surface area contributed by atoms with Crippen molar-refractivity contribution in [3.05, 3.63) is 35.0 Å². The summed E-state index contributed by atoms with van der Waals surface area (Å²) in [6.07, 6.45) is 0. The molecule has 0 bridgehead atoms. The molecule has 0 amide bonds. The highest BCUT2D eigenvalue weighted by atomic mass is 32.1. The Bertz CT molecular complexity index is 475. The predicted molar refractivity (Wildman–Crippen MR) is 51.5 cm³/mol.